The Morgan fingerprint density at radius 2 is 1.79 bits per heavy atom. The number of nitrogens with one attached hydrogen (secondary N) is 1. The zero-order chi connectivity index (χ0) is 19.6. The van der Waals surface area contributed by atoms with Gasteiger partial charge in [-0.3, -0.25) is 9.59 Å². The number of carbonyl (C=O) groups is 2. The van der Waals surface area contributed by atoms with Gasteiger partial charge in [0.1, 0.15) is 0 Å². The Hall–Kier alpha value is -2.66. The van der Waals surface area contributed by atoms with Crippen molar-refractivity contribution in [2.24, 2.45) is 0 Å². The molecule has 1 fully saturated rings. The van der Waals surface area contributed by atoms with E-state index in [4.69, 9.17) is 4.74 Å². The normalized spacial score (nSPS) is 19.2. The van der Waals surface area contributed by atoms with Gasteiger partial charge in [0.2, 0.25) is 5.91 Å². The second-order valence-electron chi connectivity index (χ2n) is 7.76. The van der Waals surface area contributed by atoms with E-state index in [0.29, 0.717) is 39.0 Å². The molecule has 1 N–H and O–H groups in total. The highest BCUT2D eigenvalue weighted by atomic mass is 16.5. The minimum atomic E-state index is -0.491. The molecule has 2 aliphatic heterocycles. The van der Waals surface area contributed by atoms with Crippen molar-refractivity contribution in [2.45, 2.75) is 44.3 Å². The molecular formula is C23H26N2O3. The van der Waals surface area contributed by atoms with Gasteiger partial charge in [-0.2, -0.15) is 0 Å². The lowest BCUT2D eigenvalue weighted by molar-refractivity contribution is -0.126. The van der Waals surface area contributed by atoms with E-state index in [0.717, 1.165) is 16.7 Å². The van der Waals surface area contributed by atoms with Gasteiger partial charge in [0.15, 0.2) is 0 Å². The smallest absolute Gasteiger partial charge is 0.254 e. The summed E-state index contributed by atoms with van der Waals surface area (Å²) in [6.07, 6.45) is 1.66. The SMILES string of the molecule is CC(NC(=O)CC1(N2Cc3ccccc3C2=O)CCOCC1)c1ccccc1. The summed E-state index contributed by atoms with van der Waals surface area (Å²) in [4.78, 5) is 27.9. The topological polar surface area (TPSA) is 58.6 Å². The standard InChI is InChI=1S/C23H26N2O3/c1-17(18-7-3-2-4-8-18)24-21(26)15-23(11-13-28-14-12-23)25-16-19-9-5-6-10-20(19)22(25)27/h2-10,17H,11-16H2,1H3,(H,24,26). The fourth-order valence-electron chi connectivity index (χ4n) is 4.35. The second kappa shape index (κ2) is 7.76. The monoisotopic (exact) mass is 378 g/mol. The number of amides is 2. The fraction of sp³-hybridized carbons (Fsp3) is 0.391. The van der Waals surface area contributed by atoms with Crippen LogP contribution in [0, 0.1) is 0 Å². The van der Waals surface area contributed by atoms with Crippen LogP contribution in [0.2, 0.25) is 0 Å². The maximum Gasteiger partial charge on any atom is 0.254 e. The molecule has 2 amide bonds. The van der Waals surface area contributed by atoms with Crippen molar-refractivity contribution in [1.82, 2.24) is 10.2 Å². The average Bonchev–Trinajstić information content (AvgIpc) is 3.07. The molecular weight excluding hydrogens is 352 g/mol. The summed E-state index contributed by atoms with van der Waals surface area (Å²) in [5.74, 6) is 0.00316. The second-order valence-corrected chi connectivity index (χ2v) is 7.76. The van der Waals surface area contributed by atoms with Crippen LogP contribution in [0.3, 0.4) is 0 Å². The Labute approximate surface area is 165 Å². The van der Waals surface area contributed by atoms with Crippen molar-refractivity contribution < 1.29 is 14.3 Å². The van der Waals surface area contributed by atoms with Crippen LogP contribution in [0.25, 0.3) is 0 Å². The number of ether oxygens (including phenoxy) is 1. The van der Waals surface area contributed by atoms with Crippen LogP contribution in [0.1, 0.15) is 53.7 Å². The largest absolute Gasteiger partial charge is 0.381 e. The predicted molar refractivity (Wildman–Crippen MR) is 107 cm³/mol. The molecule has 2 aromatic rings. The molecule has 0 radical (unpaired) electrons. The third-order valence-electron chi connectivity index (χ3n) is 5.98. The summed E-state index contributed by atoms with van der Waals surface area (Å²) in [6, 6.07) is 17.6. The van der Waals surface area contributed by atoms with Gasteiger partial charge in [-0.15, -0.1) is 0 Å². The van der Waals surface area contributed by atoms with E-state index in [9.17, 15) is 9.59 Å². The maximum absolute atomic E-state index is 13.1. The Balaban J connectivity index is 1.52. The minimum absolute atomic E-state index is 0.0259. The van der Waals surface area contributed by atoms with Crippen molar-refractivity contribution in [2.75, 3.05) is 13.2 Å². The number of nitrogens with zero attached hydrogens (tertiary/aromatic N) is 1. The highest BCUT2D eigenvalue weighted by molar-refractivity contribution is 5.99. The Morgan fingerprint density at radius 3 is 2.50 bits per heavy atom. The molecule has 1 unspecified atom stereocenters. The van der Waals surface area contributed by atoms with Gasteiger partial charge in [0.05, 0.1) is 18.0 Å². The molecule has 0 aliphatic carbocycles. The van der Waals surface area contributed by atoms with Crippen LogP contribution in [0.4, 0.5) is 0 Å². The van der Waals surface area contributed by atoms with Crippen LogP contribution >= 0.6 is 0 Å². The lowest BCUT2D eigenvalue weighted by Crippen LogP contribution is -2.54. The molecule has 0 aromatic heterocycles. The molecule has 4 rings (SSSR count). The molecule has 2 aliphatic rings. The summed E-state index contributed by atoms with van der Waals surface area (Å²) in [6.45, 7) is 3.70. The third kappa shape index (κ3) is 3.54. The molecule has 5 nitrogen and oxygen atoms in total. The van der Waals surface area contributed by atoms with E-state index in [1.54, 1.807) is 0 Å². The first-order valence-corrected chi connectivity index (χ1v) is 9.91. The molecule has 0 spiro atoms. The quantitative estimate of drug-likeness (QED) is 0.867. The average molecular weight is 378 g/mol. The first kappa shape index (κ1) is 18.7. The molecule has 1 saturated heterocycles. The van der Waals surface area contributed by atoms with Crippen LogP contribution in [0.5, 0.6) is 0 Å². The Morgan fingerprint density at radius 1 is 1.11 bits per heavy atom. The molecule has 2 aromatic carbocycles. The van der Waals surface area contributed by atoms with Crippen molar-refractivity contribution in [3.8, 4) is 0 Å². The highest BCUT2D eigenvalue weighted by Crippen LogP contribution is 2.38. The lowest BCUT2D eigenvalue weighted by Gasteiger charge is -2.44. The van der Waals surface area contributed by atoms with Crippen molar-refractivity contribution in [3.63, 3.8) is 0 Å². The first-order valence-electron chi connectivity index (χ1n) is 9.91. The van der Waals surface area contributed by atoms with Crippen molar-refractivity contribution >= 4 is 11.8 Å². The summed E-state index contributed by atoms with van der Waals surface area (Å²) >= 11 is 0. The predicted octanol–water partition coefficient (Wildman–Crippen LogP) is 3.46. The summed E-state index contributed by atoms with van der Waals surface area (Å²) in [7, 11) is 0. The maximum atomic E-state index is 13.1. The van der Waals surface area contributed by atoms with Crippen molar-refractivity contribution in [1.29, 1.82) is 0 Å². The summed E-state index contributed by atoms with van der Waals surface area (Å²) in [5, 5.41) is 3.11. The zero-order valence-corrected chi connectivity index (χ0v) is 16.2. The number of carbonyl (C=O) groups excluding carboxylic acids is 2. The van der Waals surface area contributed by atoms with Crippen LogP contribution < -0.4 is 5.32 Å². The van der Waals surface area contributed by atoms with Gasteiger partial charge >= 0.3 is 0 Å². The van der Waals surface area contributed by atoms with E-state index in [2.05, 4.69) is 5.32 Å². The number of benzene rings is 2. The van der Waals surface area contributed by atoms with Gasteiger partial charge in [-0.25, -0.2) is 0 Å². The van der Waals surface area contributed by atoms with E-state index < -0.39 is 5.54 Å². The van der Waals surface area contributed by atoms with E-state index in [1.165, 1.54) is 0 Å². The van der Waals surface area contributed by atoms with Gasteiger partial charge in [-0.1, -0.05) is 48.5 Å². The number of hydrogen-bond donors (Lipinski definition) is 1. The summed E-state index contributed by atoms with van der Waals surface area (Å²) in [5.41, 5.74) is 2.37. The van der Waals surface area contributed by atoms with E-state index in [-0.39, 0.29) is 17.9 Å². The zero-order valence-electron chi connectivity index (χ0n) is 16.2. The molecule has 0 bridgehead atoms. The third-order valence-corrected chi connectivity index (χ3v) is 5.98. The molecule has 1 atom stereocenters. The molecule has 0 saturated carbocycles. The number of fused-ring (bicyclic) bond motifs is 1. The van der Waals surface area contributed by atoms with Crippen LogP contribution in [0.15, 0.2) is 54.6 Å². The lowest BCUT2D eigenvalue weighted by atomic mass is 9.84. The molecule has 146 valence electrons. The molecule has 2 heterocycles. The number of rotatable bonds is 5. The number of hydrogen-bond acceptors (Lipinski definition) is 3. The van der Waals surface area contributed by atoms with Crippen LogP contribution in [-0.2, 0) is 16.1 Å². The minimum Gasteiger partial charge on any atom is -0.381 e. The molecule has 5 heteroatoms. The highest BCUT2D eigenvalue weighted by Gasteiger charge is 2.46. The van der Waals surface area contributed by atoms with E-state index in [1.807, 2.05) is 66.4 Å². The summed E-state index contributed by atoms with van der Waals surface area (Å²) < 4.78 is 5.56. The van der Waals surface area contributed by atoms with Crippen LogP contribution in [-0.4, -0.2) is 35.5 Å². The van der Waals surface area contributed by atoms with Gasteiger partial charge in [-0.05, 0) is 37.0 Å². The van der Waals surface area contributed by atoms with E-state index >= 15 is 0 Å². The fourth-order valence-corrected chi connectivity index (χ4v) is 4.35. The van der Waals surface area contributed by atoms with Gasteiger partial charge in [0, 0.05) is 25.3 Å². The Bertz CT molecular complexity index is 859. The van der Waals surface area contributed by atoms with Gasteiger partial charge in [0.25, 0.3) is 5.91 Å². The first-order chi connectivity index (χ1) is 13.6. The van der Waals surface area contributed by atoms with Gasteiger partial charge < -0.3 is 15.0 Å². The Kier molecular flexibility index (Phi) is 5.18. The van der Waals surface area contributed by atoms with Crippen molar-refractivity contribution in [3.05, 3.63) is 71.3 Å². The molecule has 28 heavy (non-hydrogen) atoms.